The summed E-state index contributed by atoms with van der Waals surface area (Å²) in [6.45, 7) is 1.90. The fourth-order valence-electron chi connectivity index (χ4n) is 2.09. The van der Waals surface area contributed by atoms with Crippen molar-refractivity contribution in [2.24, 2.45) is 0 Å². The summed E-state index contributed by atoms with van der Waals surface area (Å²) in [4.78, 5) is 13.5. The molecule has 3 heteroatoms. The number of rotatable bonds is 2. The molecule has 0 saturated heterocycles. The van der Waals surface area contributed by atoms with Crippen molar-refractivity contribution >= 4 is 5.57 Å². The smallest absolute Gasteiger partial charge is 0.163 e. The average molecular weight is 261 g/mol. The van der Waals surface area contributed by atoms with Crippen LogP contribution in [0.1, 0.15) is 18.1 Å². The molecule has 1 heterocycles. The highest BCUT2D eigenvalue weighted by atomic mass is 15.0. The number of benzene rings is 1. The van der Waals surface area contributed by atoms with Gasteiger partial charge in [-0.15, -0.1) is 0 Å². The highest BCUT2D eigenvalue weighted by molar-refractivity contribution is 5.66. The Kier molecular flexibility index (Phi) is 3.50. The van der Waals surface area contributed by atoms with Crippen LogP contribution in [-0.2, 0) is 0 Å². The van der Waals surface area contributed by atoms with Crippen molar-refractivity contribution in [1.82, 2.24) is 15.0 Å². The number of hydrogen-bond acceptors (Lipinski definition) is 3. The topological polar surface area (TPSA) is 38.7 Å². The van der Waals surface area contributed by atoms with Gasteiger partial charge in [-0.1, -0.05) is 60.7 Å². The van der Waals surface area contributed by atoms with Crippen LogP contribution in [0.15, 0.2) is 60.7 Å². The first kappa shape index (κ1) is 12.5. The van der Waals surface area contributed by atoms with Crippen LogP contribution in [0, 0.1) is 6.92 Å². The van der Waals surface area contributed by atoms with Gasteiger partial charge in [0, 0.05) is 11.1 Å². The molecule has 1 aliphatic carbocycles. The Morgan fingerprint density at radius 1 is 0.850 bits per heavy atom. The number of hydrogen-bond donors (Lipinski definition) is 0. The summed E-state index contributed by atoms with van der Waals surface area (Å²) in [6.07, 6.45) is 11.1. The first-order chi connectivity index (χ1) is 9.83. The molecular weight excluding hydrogens is 246 g/mol. The lowest BCUT2D eigenvalue weighted by molar-refractivity contribution is 0.954. The lowest BCUT2D eigenvalue weighted by Crippen LogP contribution is -2.02. The Balaban J connectivity index is 2.05. The maximum atomic E-state index is 4.61. The van der Waals surface area contributed by atoms with E-state index in [0.29, 0.717) is 0 Å². The summed E-state index contributed by atoms with van der Waals surface area (Å²) in [6, 6.07) is 10.00. The first-order valence-electron chi connectivity index (χ1n) is 6.64. The van der Waals surface area contributed by atoms with Gasteiger partial charge in [0.15, 0.2) is 11.6 Å². The molecule has 0 fully saturated rings. The summed E-state index contributed by atoms with van der Waals surface area (Å²) in [7, 11) is 0. The first-order valence-corrected chi connectivity index (χ1v) is 6.64. The van der Waals surface area contributed by atoms with Gasteiger partial charge in [0.2, 0.25) is 0 Å². The molecule has 98 valence electrons. The Morgan fingerprint density at radius 2 is 1.65 bits per heavy atom. The minimum atomic E-state index is 0.728. The lowest BCUT2D eigenvalue weighted by atomic mass is 10.1. The maximum Gasteiger partial charge on any atom is 0.163 e. The summed E-state index contributed by atoms with van der Waals surface area (Å²) in [5.41, 5.74) is 2.12. The highest BCUT2D eigenvalue weighted by Crippen LogP contribution is 2.20. The molecule has 1 aliphatic rings. The van der Waals surface area contributed by atoms with Crippen LogP contribution >= 0.6 is 0 Å². The molecule has 3 nitrogen and oxygen atoms in total. The van der Waals surface area contributed by atoms with E-state index in [0.717, 1.165) is 35.0 Å². The third kappa shape index (κ3) is 2.72. The van der Waals surface area contributed by atoms with E-state index in [2.05, 4.69) is 27.1 Å². The van der Waals surface area contributed by atoms with Gasteiger partial charge in [0.05, 0.1) is 0 Å². The molecule has 0 amide bonds. The van der Waals surface area contributed by atoms with Crippen LogP contribution in [0.4, 0.5) is 0 Å². The zero-order valence-electron chi connectivity index (χ0n) is 11.3. The van der Waals surface area contributed by atoms with Gasteiger partial charge in [-0.3, -0.25) is 0 Å². The van der Waals surface area contributed by atoms with Crippen LogP contribution < -0.4 is 0 Å². The van der Waals surface area contributed by atoms with Crippen molar-refractivity contribution in [2.45, 2.75) is 13.3 Å². The quantitative estimate of drug-likeness (QED) is 0.826. The molecule has 0 saturated carbocycles. The van der Waals surface area contributed by atoms with E-state index >= 15 is 0 Å². The molecule has 0 unspecified atom stereocenters. The Labute approximate surface area is 118 Å². The summed E-state index contributed by atoms with van der Waals surface area (Å²) in [5.74, 6) is 2.23. The van der Waals surface area contributed by atoms with Crippen molar-refractivity contribution in [1.29, 1.82) is 0 Å². The molecule has 0 radical (unpaired) electrons. The zero-order chi connectivity index (χ0) is 13.8. The molecule has 0 N–H and O–H groups in total. The molecule has 1 aromatic carbocycles. The van der Waals surface area contributed by atoms with E-state index in [9.17, 15) is 0 Å². The van der Waals surface area contributed by atoms with E-state index in [-0.39, 0.29) is 0 Å². The molecule has 0 aliphatic heterocycles. The van der Waals surface area contributed by atoms with E-state index in [1.807, 2.05) is 55.5 Å². The molecule has 0 atom stereocenters. The maximum absolute atomic E-state index is 4.61. The van der Waals surface area contributed by atoms with Crippen LogP contribution in [-0.4, -0.2) is 15.0 Å². The average Bonchev–Trinajstić information content (AvgIpc) is 2.77. The van der Waals surface area contributed by atoms with E-state index in [1.165, 1.54) is 0 Å². The Morgan fingerprint density at radius 3 is 2.50 bits per heavy atom. The van der Waals surface area contributed by atoms with Gasteiger partial charge in [-0.05, 0) is 13.3 Å². The molecule has 1 aromatic heterocycles. The van der Waals surface area contributed by atoms with Crippen molar-refractivity contribution in [3.05, 3.63) is 72.4 Å². The zero-order valence-corrected chi connectivity index (χ0v) is 11.3. The fraction of sp³-hybridized carbons (Fsp3) is 0.118. The molecular formula is C17H15N3. The van der Waals surface area contributed by atoms with Gasteiger partial charge in [-0.25, -0.2) is 15.0 Å². The lowest BCUT2D eigenvalue weighted by Gasteiger charge is -2.06. The van der Waals surface area contributed by atoms with Crippen LogP contribution in [0.2, 0.25) is 0 Å². The molecule has 20 heavy (non-hydrogen) atoms. The van der Waals surface area contributed by atoms with Gasteiger partial charge in [0.1, 0.15) is 5.82 Å². The second-order valence-electron chi connectivity index (χ2n) is 4.60. The Bertz CT molecular complexity index is 697. The van der Waals surface area contributed by atoms with Crippen LogP contribution in [0.5, 0.6) is 0 Å². The molecule has 2 aromatic rings. The highest BCUT2D eigenvalue weighted by Gasteiger charge is 2.09. The SMILES string of the molecule is Cc1nc(C2=CC=CC=CC2)nc(-c2ccccc2)n1. The predicted molar refractivity (Wildman–Crippen MR) is 80.9 cm³/mol. The van der Waals surface area contributed by atoms with Crippen LogP contribution in [0.3, 0.4) is 0 Å². The predicted octanol–water partition coefficient (Wildman–Crippen LogP) is 3.75. The summed E-state index contributed by atoms with van der Waals surface area (Å²) < 4.78 is 0. The van der Waals surface area contributed by atoms with Gasteiger partial charge in [0.25, 0.3) is 0 Å². The monoisotopic (exact) mass is 261 g/mol. The van der Waals surface area contributed by atoms with E-state index in [4.69, 9.17) is 0 Å². The molecule has 0 spiro atoms. The third-order valence-corrected chi connectivity index (χ3v) is 3.06. The third-order valence-electron chi connectivity index (χ3n) is 3.06. The van der Waals surface area contributed by atoms with E-state index < -0.39 is 0 Å². The van der Waals surface area contributed by atoms with Gasteiger partial charge < -0.3 is 0 Å². The minimum absolute atomic E-state index is 0.728. The number of nitrogens with zero attached hydrogens (tertiary/aromatic N) is 3. The van der Waals surface area contributed by atoms with Crippen molar-refractivity contribution in [3.63, 3.8) is 0 Å². The second kappa shape index (κ2) is 5.61. The molecule has 3 rings (SSSR count). The summed E-state index contributed by atoms with van der Waals surface area (Å²) in [5, 5.41) is 0. The number of aryl methyl sites for hydroxylation is 1. The van der Waals surface area contributed by atoms with Crippen molar-refractivity contribution in [2.75, 3.05) is 0 Å². The largest absolute Gasteiger partial charge is 0.214 e. The Hall–Kier alpha value is -2.55. The minimum Gasteiger partial charge on any atom is -0.214 e. The number of aromatic nitrogens is 3. The van der Waals surface area contributed by atoms with Crippen molar-refractivity contribution < 1.29 is 0 Å². The van der Waals surface area contributed by atoms with Crippen molar-refractivity contribution in [3.8, 4) is 11.4 Å². The fourth-order valence-corrected chi connectivity index (χ4v) is 2.09. The number of allylic oxidation sites excluding steroid dienone is 6. The second-order valence-corrected chi connectivity index (χ2v) is 4.60. The normalized spacial score (nSPS) is 13.9. The molecule has 0 bridgehead atoms. The van der Waals surface area contributed by atoms with Gasteiger partial charge >= 0.3 is 0 Å². The standard InChI is InChI=1S/C17H15N3/c1-13-18-16(14-9-5-2-3-6-10-14)20-17(19-13)15-11-7-4-8-12-15/h2-9,11-12H,10H2,1H3. The van der Waals surface area contributed by atoms with E-state index in [1.54, 1.807) is 0 Å². The summed E-state index contributed by atoms with van der Waals surface area (Å²) >= 11 is 0. The van der Waals surface area contributed by atoms with Gasteiger partial charge in [-0.2, -0.15) is 0 Å². The van der Waals surface area contributed by atoms with Crippen LogP contribution in [0.25, 0.3) is 17.0 Å².